The molecule has 5 nitrogen and oxygen atoms in total. The fourth-order valence-electron chi connectivity index (χ4n) is 2.66. The lowest BCUT2D eigenvalue weighted by Gasteiger charge is -2.26. The van der Waals surface area contributed by atoms with Gasteiger partial charge >= 0.3 is 0 Å². The molecule has 1 heterocycles. The van der Waals surface area contributed by atoms with E-state index in [9.17, 15) is 0 Å². The maximum Gasteiger partial charge on any atom is 0.161 e. The van der Waals surface area contributed by atoms with Crippen LogP contribution in [-0.2, 0) is 6.54 Å². The number of hydrogen-bond donors (Lipinski definition) is 1. The molecule has 1 fully saturated rings. The highest BCUT2D eigenvalue weighted by Gasteiger charge is 2.11. The minimum Gasteiger partial charge on any atom is -0.493 e. The summed E-state index contributed by atoms with van der Waals surface area (Å²) >= 11 is 0. The number of rotatable bonds is 8. The van der Waals surface area contributed by atoms with E-state index in [4.69, 9.17) is 9.47 Å². The third-order valence-electron chi connectivity index (χ3n) is 3.94. The van der Waals surface area contributed by atoms with E-state index in [0.717, 1.165) is 24.6 Å². The Hall–Kier alpha value is -1.30. The highest BCUT2D eigenvalue weighted by molar-refractivity contribution is 5.42. The van der Waals surface area contributed by atoms with E-state index in [1.54, 1.807) is 7.11 Å². The molecule has 0 aliphatic carbocycles. The van der Waals surface area contributed by atoms with Crippen molar-refractivity contribution in [1.29, 1.82) is 0 Å². The van der Waals surface area contributed by atoms with Crippen molar-refractivity contribution in [3.63, 3.8) is 0 Å². The van der Waals surface area contributed by atoms with Gasteiger partial charge in [-0.2, -0.15) is 0 Å². The van der Waals surface area contributed by atoms with Crippen LogP contribution in [0.3, 0.4) is 0 Å². The van der Waals surface area contributed by atoms with Crippen molar-refractivity contribution in [3.8, 4) is 11.5 Å². The number of benzene rings is 1. The Bertz CT molecular complexity index is 446. The molecule has 0 atom stereocenters. The van der Waals surface area contributed by atoms with E-state index in [0.29, 0.717) is 6.61 Å². The van der Waals surface area contributed by atoms with Gasteiger partial charge in [-0.05, 0) is 43.6 Å². The third kappa shape index (κ3) is 5.48. The summed E-state index contributed by atoms with van der Waals surface area (Å²) in [5.74, 6) is 1.63. The second kappa shape index (κ2) is 8.98. The average Bonchev–Trinajstić information content (AvgIpc) is 2.54. The van der Waals surface area contributed by atoms with Gasteiger partial charge in [-0.3, -0.25) is 15.3 Å². The fraction of sp³-hybridized carbons (Fsp3) is 0.647. The molecule has 1 aliphatic heterocycles. The summed E-state index contributed by atoms with van der Waals surface area (Å²) in [6.45, 7) is 4.89. The van der Waals surface area contributed by atoms with Gasteiger partial charge in [0.2, 0.25) is 0 Å². The first-order chi connectivity index (χ1) is 10.7. The quantitative estimate of drug-likeness (QED) is 0.745. The molecule has 0 saturated carbocycles. The highest BCUT2D eigenvalue weighted by atomic mass is 16.5. The number of hydrazine groups is 1. The maximum atomic E-state index is 5.91. The molecule has 2 rings (SSSR count). The Balaban J connectivity index is 1.84. The van der Waals surface area contributed by atoms with Crippen molar-refractivity contribution < 1.29 is 9.47 Å². The Morgan fingerprint density at radius 3 is 2.59 bits per heavy atom. The van der Waals surface area contributed by atoms with Crippen molar-refractivity contribution in [2.75, 3.05) is 47.4 Å². The molecule has 5 heteroatoms. The van der Waals surface area contributed by atoms with Crippen molar-refractivity contribution in [2.45, 2.75) is 25.8 Å². The van der Waals surface area contributed by atoms with Crippen LogP contribution in [0.1, 0.15) is 24.8 Å². The molecule has 1 N–H and O–H groups in total. The van der Waals surface area contributed by atoms with Gasteiger partial charge in [0, 0.05) is 27.2 Å². The van der Waals surface area contributed by atoms with Crippen LogP contribution >= 0.6 is 0 Å². The van der Waals surface area contributed by atoms with Crippen LogP contribution in [0.15, 0.2) is 18.2 Å². The first kappa shape index (κ1) is 17.1. The van der Waals surface area contributed by atoms with Crippen LogP contribution in [-0.4, -0.2) is 57.4 Å². The molecular weight excluding hydrogens is 278 g/mol. The summed E-state index contributed by atoms with van der Waals surface area (Å²) in [7, 11) is 5.65. The first-order valence-electron chi connectivity index (χ1n) is 8.12. The van der Waals surface area contributed by atoms with Gasteiger partial charge in [-0.25, -0.2) is 0 Å². The van der Waals surface area contributed by atoms with Crippen LogP contribution in [0.2, 0.25) is 0 Å². The van der Waals surface area contributed by atoms with Gasteiger partial charge < -0.3 is 9.47 Å². The van der Waals surface area contributed by atoms with E-state index in [1.165, 1.54) is 37.9 Å². The smallest absolute Gasteiger partial charge is 0.161 e. The van der Waals surface area contributed by atoms with Gasteiger partial charge in [0.05, 0.1) is 7.11 Å². The summed E-state index contributed by atoms with van der Waals surface area (Å²) in [6.07, 6.45) is 4.00. The second-order valence-corrected chi connectivity index (χ2v) is 5.97. The number of ether oxygens (including phenoxy) is 2. The van der Waals surface area contributed by atoms with Gasteiger partial charge in [0.1, 0.15) is 6.61 Å². The molecule has 1 aromatic rings. The first-order valence-corrected chi connectivity index (χ1v) is 8.12. The topological polar surface area (TPSA) is 37.0 Å². The maximum absolute atomic E-state index is 5.91. The minimum absolute atomic E-state index is 0.714. The van der Waals surface area contributed by atoms with E-state index >= 15 is 0 Å². The minimum atomic E-state index is 0.714. The Kier molecular flexibility index (Phi) is 6.96. The van der Waals surface area contributed by atoms with Crippen molar-refractivity contribution in [1.82, 2.24) is 15.3 Å². The number of likely N-dealkylation sites (tertiary alicyclic amines) is 1. The molecule has 0 aromatic heterocycles. The summed E-state index contributed by atoms with van der Waals surface area (Å²) in [4.78, 5) is 2.48. The molecule has 1 saturated heterocycles. The molecule has 0 spiro atoms. The Morgan fingerprint density at radius 2 is 1.91 bits per heavy atom. The number of nitrogens with one attached hydrogen (secondary N) is 1. The molecule has 0 amide bonds. The van der Waals surface area contributed by atoms with Crippen molar-refractivity contribution >= 4 is 0 Å². The number of methoxy groups -OCH3 is 1. The summed E-state index contributed by atoms with van der Waals surface area (Å²) in [5, 5.41) is 1.94. The van der Waals surface area contributed by atoms with E-state index < -0.39 is 0 Å². The average molecular weight is 307 g/mol. The van der Waals surface area contributed by atoms with Crippen LogP contribution in [0.25, 0.3) is 0 Å². The zero-order chi connectivity index (χ0) is 15.8. The van der Waals surface area contributed by atoms with Gasteiger partial charge in [-0.1, -0.05) is 12.5 Å². The number of nitrogens with zero attached hydrogens (tertiary/aromatic N) is 2. The second-order valence-electron chi connectivity index (χ2n) is 5.97. The van der Waals surface area contributed by atoms with Crippen molar-refractivity contribution in [2.24, 2.45) is 0 Å². The van der Waals surface area contributed by atoms with Gasteiger partial charge in [0.15, 0.2) is 11.5 Å². The molecule has 124 valence electrons. The molecular formula is C17H29N3O2. The Morgan fingerprint density at radius 1 is 1.14 bits per heavy atom. The van der Waals surface area contributed by atoms with E-state index in [2.05, 4.69) is 16.4 Å². The Labute approximate surface area is 134 Å². The molecule has 0 bridgehead atoms. The van der Waals surface area contributed by atoms with Crippen LogP contribution in [0, 0.1) is 0 Å². The monoisotopic (exact) mass is 307 g/mol. The lowest BCUT2D eigenvalue weighted by molar-refractivity contribution is 0.180. The van der Waals surface area contributed by atoms with Crippen LogP contribution in [0.4, 0.5) is 0 Å². The van der Waals surface area contributed by atoms with Crippen LogP contribution in [0.5, 0.6) is 11.5 Å². The van der Waals surface area contributed by atoms with Gasteiger partial charge in [0.25, 0.3) is 0 Å². The zero-order valence-electron chi connectivity index (χ0n) is 14.1. The summed E-state index contributed by atoms with van der Waals surface area (Å²) < 4.78 is 11.4. The molecule has 0 radical (unpaired) electrons. The predicted octanol–water partition coefficient (Wildman–Crippen LogP) is 2.13. The third-order valence-corrected chi connectivity index (χ3v) is 3.94. The highest BCUT2D eigenvalue weighted by Crippen LogP contribution is 2.28. The fourth-order valence-corrected chi connectivity index (χ4v) is 2.66. The van der Waals surface area contributed by atoms with Gasteiger partial charge in [-0.15, -0.1) is 0 Å². The summed E-state index contributed by atoms with van der Waals surface area (Å²) in [6, 6.07) is 6.11. The van der Waals surface area contributed by atoms with Crippen molar-refractivity contribution in [3.05, 3.63) is 23.8 Å². The predicted molar refractivity (Wildman–Crippen MR) is 89.3 cm³/mol. The molecule has 1 aliphatic rings. The summed E-state index contributed by atoms with van der Waals surface area (Å²) in [5.41, 5.74) is 4.42. The standard InChI is InChI=1S/C17H29N3O2/c1-19(2)18-14-15-7-8-16(17(13-15)21-3)22-12-11-20-9-5-4-6-10-20/h7-8,13,18H,4-6,9-12,14H2,1-3H3. The van der Waals surface area contributed by atoms with E-state index in [1.807, 2.05) is 31.2 Å². The molecule has 1 aromatic carbocycles. The number of piperidine rings is 1. The zero-order valence-corrected chi connectivity index (χ0v) is 14.1. The van der Waals surface area contributed by atoms with Crippen LogP contribution < -0.4 is 14.9 Å². The largest absolute Gasteiger partial charge is 0.493 e. The lowest BCUT2D eigenvalue weighted by Crippen LogP contribution is -2.33. The lowest BCUT2D eigenvalue weighted by atomic mass is 10.1. The SMILES string of the molecule is COc1cc(CNN(C)C)ccc1OCCN1CCCCC1. The number of hydrogen-bond acceptors (Lipinski definition) is 5. The normalized spacial score (nSPS) is 16.0. The molecule has 0 unspecified atom stereocenters. The van der Waals surface area contributed by atoms with E-state index in [-0.39, 0.29) is 0 Å². The molecule has 22 heavy (non-hydrogen) atoms.